The Bertz CT molecular complexity index is 813. The first-order valence-corrected chi connectivity index (χ1v) is 6.60. The fourth-order valence-corrected chi connectivity index (χ4v) is 3.20. The van der Waals surface area contributed by atoms with Gasteiger partial charge in [-0.1, -0.05) is 24.3 Å². The number of ether oxygens (including phenoxy) is 1. The summed E-state index contributed by atoms with van der Waals surface area (Å²) in [5, 5.41) is 10.1. The highest BCUT2D eigenvalue weighted by Gasteiger charge is 2.15. The molecule has 1 atom stereocenters. The van der Waals surface area contributed by atoms with Gasteiger partial charge in [-0.25, -0.2) is 9.78 Å². The Morgan fingerprint density at radius 3 is 3.00 bits per heavy atom. The molecule has 0 radical (unpaired) electrons. The van der Waals surface area contributed by atoms with E-state index in [4.69, 9.17) is 4.74 Å². The van der Waals surface area contributed by atoms with Crippen molar-refractivity contribution in [2.75, 3.05) is 7.11 Å². The molecule has 19 heavy (non-hydrogen) atoms. The molecule has 98 valence electrons. The minimum atomic E-state index is -0.974. The summed E-state index contributed by atoms with van der Waals surface area (Å²) in [6.07, 6.45) is 7.33. The summed E-state index contributed by atoms with van der Waals surface area (Å²) in [4.78, 5) is 16.1. The van der Waals surface area contributed by atoms with Crippen LogP contribution in [0.25, 0.3) is 17.1 Å². The van der Waals surface area contributed by atoms with Crippen LogP contribution in [0.3, 0.4) is 0 Å². The molecular formula is C13H12N2O3S. The lowest BCUT2D eigenvalue weighted by Crippen LogP contribution is -2.26. The number of thiazole rings is 1. The van der Waals surface area contributed by atoms with E-state index in [0.717, 1.165) is 15.6 Å². The number of hydrogen-bond donors (Lipinski definition) is 1. The lowest BCUT2D eigenvalue weighted by molar-refractivity contribution is 0.0689. The van der Waals surface area contributed by atoms with E-state index in [1.165, 1.54) is 17.5 Å². The molecular weight excluding hydrogens is 264 g/mol. The predicted octanol–water partition coefficient (Wildman–Crippen LogP) is 0.835. The molecule has 0 aliphatic heterocycles. The van der Waals surface area contributed by atoms with E-state index in [9.17, 15) is 9.90 Å². The number of carboxylic acid groups (broad SMARTS) is 1. The van der Waals surface area contributed by atoms with Crippen LogP contribution in [0.5, 0.6) is 0 Å². The number of aromatic nitrogens is 2. The minimum absolute atomic E-state index is 0.161. The van der Waals surface area contributed by atoms with Gasteiger partial charge < -0.3 is 9.84 Å². The van der Waals surface area contributed by atoms with Crippen molar-refractivity contribution in [2.24, 2.45) is 5.92 Å². The molecule has 6 heteroatoms. The molecule has 0 amide bonds. The first kappa shape index (κ1) is 12.0. The molecule has 1 aliphatic carbocycles. The van der Waals surface area contributed by atoms with Gasteiger partial charge in [0.25, 0.3) is 0 Å². The lowest BCUT2D eigenvalue weighted by Gasteiger charge is -2.00. The molecule has 1 aliphatic rings. The van der Waals surface area contributed by atoms with Crippen LogP contribution in [0.1, 0.15) is 17.4 Å². The molecule has 2 aromatic rings. The molecule has 0 bridgehead atoms. The van der Waals surface area contributed by atoms with E-state index in [-0.39, 0.29) is 11.6 Å². The topological polar surface area (TPSA) is 63.8 Å². The van der Waals surface area contributed by atoms with Gasteiger partial charge in [0.2, 0.25) is 0 Å². The Hall–Kier alpha value is -2.08. The van der Waals surface area contributed by atoms with Crippen LogP contribution in [-0.4, -0.2) is 27.6 Å². The fraction of sp³-hybridized carbons (Fsp3) is 0.231. The van der Waals surface area contributed by atoms with Crippen LogP contribution >= 0.6 is 11.3 Å². The maximum Gasteiger partial charge on any atom is 0.354 e. The van der Waals surface area contributed by atoms with E-state index >= 15 is 0 Å². The molecule has 0 fully saturated rings. The summed E-state index contributed by atoms with van der Waals surface area (Å²) in [6.45, 7) is 2.03. The molecule has 0 saturated heterocycles. The first-order valence-electron chi connectivity index (χ1n) is 5.79. The van der Waals surface area contributed by atoms with E-state index in [0.29, 0.717) is 4.96 Å². The third-order valence-corrected chi connectivity index (χ3v) is 4.02. The van der Waals surface area contributed by atoms with Crippen molar-refractivity contribution in [2.45, 2.75) is 6.92 Å². The number of aromatic carboxylic acids is 1. The summed E-state index contributed by atoms with van der Waals surface area (Å²) in [6, 6.07) is 0. The van der Waals surface area contributed by atoms with Gasteiger partial charge in [0.1, 0.15) is 5.76 Å². The Morgan fingerprint density at radius 2 is 2.32 bits per heavy atom. The maximum absolute atomic E-state index is 11.2. The van der Waals surface area contributed by atoms with Crippen molar-refractivity contribution < 1.29 is 14.6 Å². The predicted molar refractivity (Wildman–Crippen MR) is 72.5 cm³/mol. The normalized spacial score (nSPS) is 18.0. The zero-order valence-corrected chi connectivity index (χ0v) is 11.3. The second kappa shape index (κ2) is 4.24. The molecule has 0 spiro atoms. The van der Waals surface area contributed by atoms with Crippen molar-refractivity contribution in [1.29, 1.82) is 0 Å². The second-order valence-corrected chi connectivity index (χ2v) is 5.37. The van der Waals surface area contributed by atoms with Crippen LogP contribution in [0.4, 0.5) is 0 Å². The van der Waals surface area contributed by atoms with Crippen LogP contribution in [0.2, 0.25) is 0 Å². The zero-order chi connectivity index (χ0) is 13.6. The first-order chi connectivity index (χ1) is 9.10. The van der Waals surface area contributed by atoms with E-state index in [1.54, 1.807) is 11.5 Å². The van der Waals surface area contributed by atoms with Crippen molar-refractivity contribution in [1.82, 2.24) is 9.38 Å². The van der Waals surface area contributed by atoms with Crippen LogP contribution < -0.4 is 9.88 Å². The number of imidazole rings is 1. The van der Waals surface area contributed by atoms with Crippen molar-refractivity contribution in [3.8, 4) is 0 Å². The third kappa shape index (κ3) is 1.84. The smallest absolute Gasteiger partial charge is 0.354 e. The molecule has 5 nitrogen and oxygen atoms in total. The van der Waals surface area contributed by atoms with Crippen LogP contribution in [0.15, 0.2) is 18.0 Å². The Kier molecular flexibility index (Phi) is 2.67. The average molecular weight is 276 g/mol. The second-order valence-electron chi connectivity index (χ2n) is 4.36. The van der Waals surface area contributed by atoms with E-state index < -0.39 is 5.97 Å². The number of nitrogens with zero attached hydrogens (tertiary/aromatic N) is 2. The van der Waals surface area contributed by atoms with Crippen molar-refractivity contribution in [3.05, 3.63) is 33.6 Å². The van der Waals surface area contributed by atoms with Gasteiger partial charge in [0.15, 0.2) is 10.7 Å². The monoisotopic (exact) mass is 276 g/mol. The fourth-order valence-electron chi connectivity index (χ4n) is 2.17. The Balaban J connectivity index is 2.41. The number of methoxy groups -OCH3 is 1. The molecule has 0 saturated carbocycles. The maximum atomic E-state index is 11.2. The summed E-state index contributed by atoms with van der Waals surface area (Å²) in [7, 11) is 1.63. The van der Waals surface area contributed by atoms with Gasteiger partial charge in [-0.05, 0) is 18.1 Å². The summed E-state index contributed by atoms with van der Waals surface area (Å²) in [5.74, 6) is -0.0310. The zero-order valence-electron chi connectivity index (χ0n) is 10.5. The van der Waals surface area contributed by atoms with Gasteiger partial charge in [0.05, 0.1) is 23.2 Å². The molecule has 1 unspecified atom stereocenters. The summed E-state index contributed by atoms with van der Waals surface area (Å²) in [5.41, 5.74) is 0.185. The van der Waals surface area contributed by atoms with Gasteiger partial charge in [0, 0.05) is 0 Å². The largest absolute Gasteiger partial charge is 0.497 e. The number of fused-ring (bicyclic) bond motifs is 3. The van der Waals surface area contributed by atoms with Crippen molar-refractivity contribution >= 4 is 34.4 Å². The quantitative estimate of drug-likeness (QED) is 0.882. The number of allylic oxidation sites excluding steroid dienone is 2. The van der Waals surface area contributed by atoms with Gasteiger partial charge in [-0.15, -0.1) is 0 Å². The van der Waals surface area contributed by atoms with Crippen molar-refractivity contribution in [3.63, 3.8) is 0 Å². The number of hydrogen-bond acceptors (Lipinski definition) is 4. The number of carbonyl (C=O) groups is 1. The molecule has 0 aromatic carbocycles. The summed E-state index contributed by atoms with van der Waals surface area (Å²) < 4.78 is 7.94. The highest BCUT2D eigenvalue weighted by atomic mass is 32.1. The van der Waals surface area contributed by atoms with Gasteiger partial charge in [-0.3, -0.25) is 4.40 Å². The number of carboxylic acids is 1. The minimum Gasteiger partial charge on any atom is -0.497 e. The van der Waals surface area contributed by atoms with E-state index in [1.807, 2.05) is 25.2 Å². The highest BCUT2D eigenvalue weighted by molar-refractivity contribution is 7.15. The van der Waals surface area contributed by atoms with Gasteiger partial charge >= 0.3 is 5.97 Å². The van der Waals surface area contributed by atoms with Gasteiger partial charge in [-0.2, -0.15) is 0 Å². The summed E-state index contributed by atoms with van der Waals surface area (Å²) >= 11 is 1.45. The Morgan fingerprint density at radius 1 is 1.53 bits per heavy atom. The molecule has 3 rings (SSSR count). The Labute approximate surface area is 112 Å². The molecule has 1 N–H and O–H groups in total. The molecule has 2 heterocycles. The van der Waals surface area contributed by atoms with Crippen LogP contribution in [-0.2, 0) is 4.74 Å². The molecule has 2 aromatic heterocycles. The third-order valence-electron chi connectivity index (χ3n) is 3.00. The van der Waals surface area contributed by atoms with Crippen LogP contribution in [0, 0.1) is 5.92 Å². The van der Waals surface area contributed by atoms with E-state index in [2.05, 4.69) is 4.98 Å². The lowest BCUT2D eigenvalue weighted by atomic mass is 10.1. The average Bonchev–Trinajstić information content (AvgIpc) is 2.85. The highest BCUT2D eigenvalue weighted by Crippen LogP contribution is 2.12. The standard InChI is InChI=1S/C13H12N2O3S/c1-7-3-8(18-2)5-11-9(4-7)15-10(12(16)17)6-14-13(15)19-11/h3-7H,1-2H3,(H,16,17). The SMILES string of the molecule is COC1=CC(C)C=c2c(sc3ncc(C(=O)O)n23)=C1. The number of rotatable bonds is 2.